The number of rotatable bonds is 6. The summed E-state index contributed by atoms with van der Waals surface area (Å²) in [6.07, 6.45) is 0. The minimum Gasteiger partial charge on any atom is -0.478 e. The van der Waals surface area contributed by atoms with Crippen LogP contribution < -0.4 is 9.47 Å². The van der Waals surface area contributed by atoms with Gasteiger partial charge in [0.05, 0.1) is 0 Å². The Morgan fingerprint density at radius 1 is 0.690 bits per heavy atom. The standard InChI is InChI=1S/2C10H11ClO3.Al/c2*1-10(2,9(12)13)14-8-5-3-7(11)4-6-8;/h2*3-6H,1-2H3,(H,12,13);. The minimum absolute atomic E-state index is 0. The first kappa shape index (κ1) is 27.1. The molecular weight excluding hydrogens is 434 g/mol. The van der Waals surface area contributed by atoms with Crippen LogP contribution in [0, 0.1) is 0 Å². The monoisotopic (exact) mass is 455 g/mol. The van der Waals surface area contributed by atoms with Crippen LogP contribution in [0.15, 0.2) is 48.5 Å². The summed E-state index contributed by atoms with van der Waals surface area (Å²) in [5, 5.41) is 18.8. The zero-order chi connectivity index (χ0) is 21.5. The first-order valence-electron chi connectivity index (χ1n) is 8.19. The van der Waals surface area contributed by atoms with E-state index in [1.807, 2.05) is 0 Å². The molecule has 0 aromatic heterocycles. The van der Waals surface area contributed by atoms with Gasteiger partial charge >= 0.3 is 11.9 Å². The van der Waals surface area contributed by atoms with Gasteiger partial charge in [0.25, 0.3) is 0 Å². The van der Waals surface area contributed by atoms with Gasteiger partial charge in [-0.1, -0.05) is 23.2 Å². The molecule has 0 bridgehead atoms. The van der Waals surface area contributed by atoms with E-state index in [2.05, 4.69) is 0 Å². The maximum atomic E-state index is 10.7. The quantitative estimate of drug-likeness (QED) is 0.608. The molecule has 2 rings (SSSR count). The first-order chi connectivity index (χ1) is 12.8. The lowest BCUT2D eigenvalue weighted by Gasteiger charge is -2.21. The van der Waals surface area contributed by atoms with Gasteiger partial charge in [-0.15, -0.1) is 0 Å². The molecule has 3 radical (unpaired) electrons. The molecule has 0 saturated heterocycles. The van der Waals surface area contributed by atoms with Gasteiger partial charge in [-0.25, -0.2) is 9.59 Å². The molecule has 0 saturated carbocycles. The molecule has 0 spiro atoms. The van der Waals surface area contributed by atoms with Crippen molar-refractivity contribution in [3.8, 4) is 11.5 Å². The Balaban J connectivity index is 0.000000523. The number of hydrogen-bond acceptors (Lipinski definition) is 4. The van der Waals surface area contributed by atoms with Crippen LogP contribution in [0.5, 0.6) is 11.5 Å². The number of aliphatic carboxylic acids is 2. The Labute approximate surface area is 190 Å². The van der Waals surface area contributed by atoms with E-state index in [0.717, 1.165) is 0 Å². The van der Waals surface area contributed by atoms with Crippen LogP contribution in [0.25, 0.3) is 0 Å². The highest BCUT2D eigenvalue weighted by Crippen LogP contribution is 2.21. The fraction of sp³-hybridized carbons (Fsp3) is 0.300. The maximum Gasteiger partial charge on any atom is 0.347 e. The van der Waals surface area contributed by atoms with Crippen LogP contribution in [-0.4, -0.2) is 50.7 Å². The highest BCUT2D eigenvalue weighted by molar-refractivity contribution is 6.30. The number of carboxylic acid groups (broad SMARTS) is 2. The van der Waals surface area contributed by atoms with Gasteiger partial charge in [0.1, 0.15) is 11.5 Å². The maximum absolute atomic E-state index is 10.7. The van der Waals surface area contributed by atoms with E-state index in [0.29, 0.717) is 21.5 Å². The highest BCUT2D eigenvalue weighted by Gasteiger charge is 2.29. The molecule has 0 fully saturated rings. The van der Waals surface area contributed by atoms with E-state index in [4.69, 9.17) is 42.9 Å². The highest BCUT2D eigenvalue weighted by atomic mass is 35.5. The number of halogens is 2. The minimum atomic E-state index is -1.23. The van der Waals surface area contributed by atoms with E-state index in [1.165, 1.54) is 27.7 Å². The van der Waals surface area contributed by atoms with Crippen LogP contribution in [0.4, 0.5) is 0 Å². The third kappa shape index (κ3) is 9.42. The molecule has 0 heterocycles. The number of carboxylic acids is 2. The molecule has 0 aliphatic carbocycles. The Kier molecular flexibility index (Phi) is 10.6. The molecule has 9 heteroatoms. The number of benzene rings is 2. The normalized spacial score (nSPS) is 10.7. The zero-order valence-corrected chi connectivity index (χ0v) is 19.1. The molecule has 2 aromatic carbocycles. The molecule has 0 unspecified atom stereocenters. The predicted molar refractivity (Wildman–Crippen MR) is 113 cm³/mol. The van der Waals surface area contributed by atoms with Crippen LogP contribution in [0.1, 0.15) is 27.7 Å². The van der Waals surface area contributed by atoms with Crippen molar-refractivity contribution in [3.05, 3.63) is 58.6 Å². The van der Waals surface area contributed by atoms with Gasteiger partial charge < -0.3 is 19.7 Å². The summed E-state index contributed by atoms with van der Waals surface area (Å²) in [6, 6.07) is 13.1. The van der Waals surface area contributed by atoms with E-state index in [1.54, 1.807) is 48.5 Å². The van der Waals surface area contributed by atoms with Gasteiger partial charge in [-0.2, -0.15) is 0 Å². The first-order valence-corrected chi connectivity index (χ1v) is 8.95. The summed E-state index contributed by atoms with van der Waals surface area (Å²) < 4.78 is 10.5. The van der Waals surface area contributed by atoms with Crippen molar-refractivity contribution in [3.63, 3.8) is 0 Å². The van der Waals surface area contributed by atoms with Crippen molar-refractivity contribution in [1.29, 1.82) is 0 Å². The van der Waals surface area contributed by atoms with Crippen molar-refractivity contribution in [2.45, 2.75) is 38.9 Å². The van der Waals surface area contributed by atoms with Crippen molar-refractivity contribution in [2.24, 2.45) is 0 Å². The van der Waals surface area contributed by atoms with Crippen LogP contribution in [0.3, 0.4) is 0 Å². The Bertz CT molecular complexity index is 735. The Hall–Kier alpha value is -1.91. The predicted octanol–water partition coefficient (Wildman–Crippen LogP) is 4.78. The Morgan fingerprint density at radius 3 is 1.14 bits per heavy atom. The zero-order valence-electron chi connectivity index (χ0n) is 16.5. The van der Waals surface area contributed by atoms with Crippen molar-refractivity contribution in [2.75, 3.05) is 0 Å². The summed E-state index contributed by atoms with van der Waals surface area (Å²) in [5.41, 5.74) is -2.46. The molecule has 0 amide bonds. The second kappa shape index (κ2) is 11.3. The lowest BCUT2D eigenvalue weighted by Crippen LogP contribution is -2.37. The molecule has 6 nitrogen and oxygen atoms in total. The van der Waals surface area contributed by atoms with Gasteiger partial charge in [-0.3, -0.25) is 0 Å². The van der Waals surface area contributed by atoms with Crippen molar-refractivity contribution < 1.29 is 29.3 Å². The summed E-state index contributed by atoms with van der Waals surface area (Å²) in [4.78, 5) is 21.5. The lowest BCUT2D eigenvalue weighted by atomic mass is 10.1. The van der Waals surface area contributed by atoms with E-state index < -0.39 is 23.1 Å². The molecule has 29 heavy (non-hydrogen) atoms. The second-order valence-electron chi connectivity index (χ2n) is 6.74. The molecule has 0 atom stereocenters. The molecule has 2 N–H and O–H groups in total. The van der Waals surface area contributed by atoms with Crippen molar-refractivity contribution >= 4 is 52.5 Å². The van der Waals surface area contributed by atoms with Gasteiger partial charge in [0.15, 0.2) is 11.2 Å². The average Bonchev–Trinajstić information content (AvgIpc) is 2.59. The van der Waals surface area contributed by atoms with Gasteiger partial charge in [0, 0.05) is 27.4 Å². The number of hydrogen-bond donors (Lipinski definition) is 2. The third-order valence-corrected chi connectivity index (χ3v) is 3.91. The number of ether oxygens (including phenoxy) is 2. The summed E-state index contributed by atoms with van der Waals surface area (Å²) in [5.74, 6) is -1.04. The fourth-order valence-electron chi connectivity index (χ4n) is 1.68. The van der Waals surface area contributed by atoms with Crippen LogP contribution in [-0.2, 0) is 9.59 Å². The van der Waals surface area contributed by atoms with E-state index in [-0.39, 0.29) is 17.4 Å². The van der Waals surface area contributed by atoms with Crippen molar-refractivity contribution in [1.82, 2.24) is 0 Å². The smallest absolute Gasteiger partial charge is 0.347 e. The largest absolute Gasteiger partial charge is 0.478 e. The molecule has 0 aliphatic rings. The molecule has 155 valence electrons. The topological polar surface area (TPSA) is 93.1 Å². The molecule has 2 aromatic rings. The average molecular weight is 456 g/mol. The van der Waals surface area contributed by atoms with Crippen LogP contribution >= 0.6 is 23.2 Å². The van der Waals surface area contributed by atoms with E-state index in [9.17, 15) is 9.59 Å². The summed E-state index contributed by atoms with van der Waals surface area (Å²) in [6.45, 7) is 5.96. The Morgan fingerprint density at radius 2 is 0.931 bits per heavy atom. The molecule has 0 aliphatic heterocycles. The van der Waals surface area contributed by atoms with Gasteiger partial charge in [0.2, 0.25) is 0 Å². The summed E-state index contributed by atoms with van der Waals surface area (Å²) >= 11 is 11.3. The summed E-state index contributed by atoms with van der Waals surface area (Å²) in [7, 11) is 0. The fourth-order valence-corrected chi connectivity index (χ4v) is 1.93. The SMILES string of the molecule is CC(C)(Oc1ccc(Cl)cc1)C(=O)O.CC(C)(Oc1ccc(Cl)cc1)C(=O)O.[Al]. The molecular formula is C20H22AlCl2O6. The van der Waals surface area contributed by atoms with Gasteiger partial charge in [-0.05, 0) is 76.2 Å². The number of carbonyl (C=O) groups is 2. The lowest BCUT2D eigenvalue weighted by molar-refractivity contribution is -0.152. The third-order valence-electron chi connectivity index (χ3n) is 3.40. The second-order valence-corrected chi connectivity index (χ2v) is 7.62. The van der Waals surface area contributed by atoms with Crippen LogP contribution in [0.2, 0.25) is 10.0 Å². The van der Waals surface area contributed by atoms with E-state index >= 15 is 0 Å².